The third-order valence-corrected chi connectivity index (χ3v) is 6.86. The Morgan fingerprint density at radius 1 is 0.784 bits per heavy atom. The van der Waals surface area contributed by atoms with Gasteiger partial charge in [0.2, 0.25) is 0 Å². The molecule has 5 rings (SSSR count). The molecule has 0 fully saturated rings. The van der Waals surface area contributed by atoms with E-state index < -0.39 is 11.9 Å². The van der Waals surface area contributed by atoms with Crippen LogP contribution in [0.1, 0.15) is 61.4 Å². The molecule has 4 aromatic rings. The molecular weight excluding hydrogens is 466 g/mol. The number of anilines is 1. The van der Waals surface area contributed by atoms with Crippen molar-refractivity contribution in [1.29, 1.82) is 5.41 Å². The van der Waals surface area contributed by atoms with E-state index in [0.29, 0.717) is 17.5 Å². The molecule has 1 aliphatic rings. The quantitative estimate of drug-likeness (QED) is 0.173. The summed E-state index contributed by atoms with van der Waals surface area (Å²) in [5.41, 5.74) is 11.5. The lowest BCUT2D eigenvalue weighted by molar-refractivity contribution is 0.0696. The molecule has 0 saturated heterocycles. The summed E-state index contributed by atoms with van der Waals surface area (Å²) in [6.07, 6.45) is 0.686. The van der Waals surface area contributed by atoms with Gasteiger partial charge in [0.1, 0.15) is 5.84 Å². The second kappa shape index (κ2) is 9.62. The van der Waals surface area contributed by atoms with Gasteiger partial charge in [-0.2, -0.15) is 0 Å². The van der Waals surface area contributed by atoms with Crippen molar-refractivity contribution in [3.63, 3.8) is 0 Å². The van der Waals surface area contributed by atoms with Crippen molar-refractivity contribution in [1.82, 2.24) is 0 Å². The number of hydrogen-bond acceptors (Lipinski definition) is 4. The first-order valence-corrected chi connectivity index (χ1v) is 11.8. The summed E-state index contributed by atoms with van der Waals surface area (Å²) in [5, 5.41) is 30.8. The Kier molecular flexibility index (Phi) is 6.19. The fourth-order valence-corrected chi connectivity index (χ4v) is 5.10. The van der Waals surface area contributed by atoms with Crippen LogP contribution in [0.15, 0.2) is 91.0 Å². The molecule has 0 aromatic heterocycles. The molecule has 37 heavy (non-hydrogen) atoms. The molecule has 0 bridgehead atoms. The maximum absolute atomic E-state index is 12.1. The second-order valence-electron chi connectivity index (χ2n) is 9.07. The Balaban J connectivity index is 1.64. The van der Waals surface area contributed by atoms with Crippen molar-refractivity contribution >= 4 is 23.5 Å². The number of fused-ring (bicyclic) bond motifs is 1. The number of carbonyl (C=O) groups is 2. The summed E-state index contributed by atoms with van der Waals surface area (Å²) in [6, 6.07) is 27.5. The Morgan fingerprint density at radius 3 is 2.19 bits per heavy atom. The molecule has 0 amide bonds. The number of carboxylic acids is 2. The van der Waals surface area contributed by atoms with Crippen molar-refractivity contribution in [2.75, 3.05) is 5.32 Å². The van der Waals surface area contributed by atoms with Gasteiger partial charge in [-0.1, -0.05) is 60.7 Å². The molecule has 7 nitrogen and oxygen atoms in total. The molecule has 7 heteroatoms. The van der Waals surface area contributed by atoms with Crippen molar-refractivity contribution in [3.05, 3.63) is 124 Å². The number of aromatic carboxylic acids is 2. The van der Waals surface area contributed by atoms with E-state index >= 15 is 0 Å². The minimum Gasteiger partial charge on any atom is -0.478 e. The van der Waals surface area contributed by atoms with Gasteiger partial charge in [0.05, 0.1) is 17.2 Å². The van der Waals surface area contributed by atoms with Crippen molar-refractivity contribution in [3.8, 4) is 11.1 Å². The lowest BCUT2D eigenvalue weighted by Crippen LogP contribution is -2.24. The molecule has 4 aromatic carbocycles. The molecule has 0 radical (unpaired) electrons. The van der Waals surface area contributed by atoms with Crippen LogP contribution >= 0.6 is 0 Å². The van der Waals surface area contributed by atoms with Crippen LogP contribution in [0.25, 0.3) is 11.1 Å². The van der Waals surface area contributed by atoms with Crippen LogP contribution < -0.4 is 11.1 Å². The van der Waals surface area contributed by atoms with Crippen LogP contribution in [0.4, 0.5) is 5.69 Å². The predicted octanol–water partition coefficient (Wildman–Crippen LogP) is 5.72. The molecule has 1 heterocycles. The van der Waals surface area contributed by atoms with Gasteiger partial charge >= 0.3 is 11.9 Å². The standard InChI is InChI=1S/C30H25N3O4/c31-28(32)18-11-13-26-24(14-18)23(17-6-2-1-3-7-17)16-27(33-26)22-9-5-4-8-20(22)21-12-10-19(29(34)35)15-25(21)30(36)37/h1-15,23,27,33H,16H2,(H3,31,32)(H,34,35)(H,36,37)/t23-,27+/m1/s1. The van der Waals surface area contributed by atoms with Gasteiger partial charge in [-0.15, -0.1) is 0 Å². The number of nitrogens with two attached hydrogens (primary N) is 1. The third-order valence-electron chi connectivity index (χ3n) is 6.86. The van der Waals surface area contributed by atoms with Gasteiger partial charge in [0, 0.05) is 17.2 Å². The third kappa shape index (κ3) is 4.54. The van der Waals surface area contributed by atoms with E-state index in [-0.39, 0.29) is 28.9 Å². The molecule has 2 atom stereocenters. The monoisotopic (exact) mass is 491 g/mol. The Labute approximate surface area is 213 Å². The maximum atomic E-state index is 12.1. The summed E-state index contributed by atoms with van der Waals surface area (Å²) in [6.45, 7) is 0. The van der Waals surface area contributed by atoms with E-state index in [1.807, 2.05) is 60.7 Å². The van der Waals surface area contributed by atoms with Crippen LogP contribution in [0.2, 0.25) is 0 Å². The SMILES string of the molecule is N=C(N)c1ccc2c(c1)[C@@H](c1ccccc1)C[C@@H](c1ccccc1-c1ccc(C(=O)O)cc1C(=O)O)N2. The molecule has 1 aliphatic heterocycles. The largest absolute Gasteiger partial charge is 0.478 e. The minimum absolute atomic E-state index is 0.00749. The maximum Gasteiger partial charge on any atom is 0.336 e. The molecular formula is C30H25N3O4. The predicted molar refractivity (Wildman–Crippen MR) is 143 cm³/mol. The average Bonchev–Trinajstić information content (AvgIpc) is 2.92. The zero-order valence-corrected chi connectivity index (χ0v) is 19.8. The van der Waals surface area contributed by atoms with Crippen LogP contribution in [0.5, 0.6) is 0 Å². The van der Waals surface area contributed by atoms with E-state index in [1.165, 1.54) is 12.1 Å². The molecule has 0 saturated carbocycles. The zero-order chi connectivity index (χ0) is 26.1. The van der Waals surface area contributed by atoms with E-state index in [2.05, 4.69) is 17.4 Å². The highest BCUT2D eigenvalue weighted by Crippen LogP contribution is 2.46. The number of benzene rings is 4. The van der Waals surface area contributed by atoms with Gasteiger partial charge < -0.3 is 21.3 Å². The zero-order valence-electron chi connectivity index (χ0n) is 19.8. The summed E-state index contributed by atoms with van der Waals surface area (Å²) >= 11 is 0. The van der Waals surface area contributed by atoms with Gasteiger partial charge in [-0.05, 0) is 64.6 Å². The highest BCUT2D eigenvalue weighted by atomic mass is 16.4. The van der Waals surface area contributed by atoms with Crippen molar-refractivity contribution in [2.24, 2.45) is 5.73 Å². The number of nitrogens with one attached hydrogen (secondary N) is 2. The molecule has 0 aliphatic carbocycles. The number of hydrogen-bond donors (Lipinski definition) is 5. The molecule has 6 N–H and O–H groups in total. The van der Waals surface area contributed by atoms with Crippen LogP contribution in [0.3, 0.4) is 0 Å². The van der Waals surface area contributed by atoms with Crippen LogP contribution in [-0.2, 0) is 0 Å². The van der Waals surface area contributed by atoms with Crippen LogP contribution in [-0.4, -0.2) is 28.0 Å². The molecule has 0 unspecified atom stereocenters. The lowest BCUT2D eigenvalue weighted by Gasteiger charge is -2.35. The second-order valence-corrected chi connectivity index (χ2v) is 9.07. The van der Waals surface area contributed by atoms with Crippen molar-refractivity contribution in [2.45, 2.75) is 18.4 Å². The highest BCUT2D eigenvalue weighted by molar-refractivity contribution is 6.00. The van der Waals surface area contributed by atoms with Gasteiger partial charge in [0.25, 0.3) is 0 Å². The van der Waals surface area contributed by atoms with E-state index in [9.17, 15) is 19.8 Å². The van der Waals surface area contributed by atoms with E-state index in [4.69, 9.17) is 11.1 Å². The van der Waals surface area contributed by atoms with Gasteiger partial charge in [-0.3, -0.25) is 5.41 Å². The smallest absolute Gasteiger partial charge is 0.336 e. The minimum atomic E-state index is -1.19. The summed E-state index contributed by atoms with van der Waals surface area (Å²) in [7, 11) is 0. The number of carboxylic acid groups (broad SMARTS) is 2. The summed E-state index contributed by atoms with van der Waals surface area (Å²) < 4.78 is 0. The lowest BCUT2D eigenvalue weighted by atomic mass is 9.78. The Morgan fingerprint density at radius 2 is 1.49 bits per heavy atom. The molecule has 184 valence electrons. The Bertz CT molecular complexity index is 1530. The number of nitrogen functional groups attached to an aromatic ring is 1. The highest BCUT2D eigenvalue weighted by Gasteiger charge is 2.31. The van der Waals surface area contributed by atoms with Crippen molar-refractivity contribution < 1.29 is 19.8 Å². The summed E-state index contributed by atoms with van der Waals surface area (Å²) in [5.74, 6) is -2.34. The average molecular weight is 492 g/mol. The van der Waals surface area contributed by atoms with E-state index in [1.54, 1.807) is 6.07 Å². The number of amidine groups is 1. The fourth-order valence-electron chi connectivity index (χ4n) is 5.10. The summed E-state index contributed by atoms with van der Waals surface area (Å²) in [4.78, 5) is 23.6. The fraction of sp³-hybridized carbons (Fsp3) is 0.100. The number of rotatable bonds is 6. The topological polar surface area (TPSA) is 136 Å². The molecule has 0 spiro atoms. The normalized spacial score (nSPS) is 16.3. The van der Waals surface area contributed by atoms with Gasteiger partial charge in [-0.25, -0.2) is 9.59 Å². The first-order chi connectivity index (χ1) is 17.8. The first-order valence-electron chi connectivity index (χ1n) is 11.8. The van der Waals surface area contributed by atoms with Crippen LogP contribution in [0, 0.1) is 5.41 Å². The van der Waals surface area contributed by atoms with Gasteiger partial charge in [0.15, 0.2) is 0 Å². The Hall–Kier alpha value is -4.91. The van der Waals surface area contributed by atoms with E-state index in [0.717, 1.165) is 27.9 Å². The first kappa shape index (κ1) is 23.8.